The zero-order valence-electron chi connectivity index (χ0n) is 17.0. The minimum Gasteiger partial charge on any atom is -0.492 e. The van der Waals surface area contributed by atoms with Crippen LogP contribution in [0, 0.1) is 11.8 Å². The van der Waals surface area contributed by atoms with Crippen molar-refractivity contribution in [2.24, 2.45) is 17.6 Å². The molecule has 0 radical (unpaired) electrons. The van der Waals surface area contributed by atoms with Crippen LogP contribution in [0.1, 0.15) is 32.6 Å². The molecule has 2 saturated heterocycles. The normalized spacial score (nSPS) is 21.4. The largest absolute Gasteiger partial charge is 0.492 e. The fourth-order valence-electron chi connectivity index (χ4n) is 4.10. The standard InChI is InChI=1S/C20H28ClN3O5S/c1-2-29-17-6-5-16(21)12-18(17)30(27,28)24-9-3-4-15(13-24)20(26)23-10-7-14(8-11-23)19(22)25/h5-6,12,14-15H,2-4,7-11,13H2,1H3,(H2,22,25). The van der Waals surface area contributed by atoms with Crippen molar-refractivity contribution in [3.8, 4) is 5.75 Å². The molecule has 1 aromatic carbocycles. The van der Waals surface area contributed by atoms with Gasteiger partial charge >= 0.3 is 0 Å². The Morgan fingerprint density at radius 2 is 1.87 bits per heavy atom. The fraction of sp³-hybridized carbons (Fsp3) is 0.600. The van der Waals surface area contributed by atoms with Gasteiger partial charge in [0.1, 0.15) is 10.6 Å². The van der Waals surface area contributed by atoms with E-state index in [0.29, 0.717) is 56.9 Å². The Morgan fingerprint density at radius 3 is 2.50 bits per heavy atom. The molecule has 0 saturated carbocycles. The number of carbonyl (C=O) groups excluding carboxylic acids is 2. The Bertz CT molecular complexity index is 900. The van der Waals surface area contributed by atoms with E-state index < -0.39 is 15.9 Å². The third-order valence-electron chi connectivity index (χ3n) is 5.77. The molecule has 2 aliphatic heterocycles. The summed E-state index contributed by atoms with van der Waals surface area (Å²) < 4.78 is 33.5. The van der Waals surface area contributed by atoms with E-state index in [-0.39, 0.29) is 34.9 Å². The number of carbonyl (C=O) groups is 2. The summed E-state index contributed by atoms with van der Waals surface area (Å²) >= 11 is 6.04. The van der Waals surface area contributed by atoms with Crippen LogP contribution in [0.15, 0.2) is 23.1 Å². The van der Waals surface area contributed by atoms with E-state index in [0.717, 1.165) is 0 Å². The summed E-state index contributed by atoms with van der Waals surface area (Å²) in [5, 5.41) is 0.305. The Labute approximate surface area is 182 Å². The van der Waals surface area contributed by atoms with Gasteiger partial charge in [0.2, 0.25) is 21.8 Å². The second kappa shape index (κ2) is 9.53. The summed E-state index contributed by atoms with van der Waals surface area (Å²) in [7, 11) is -3.86. The maximum atomic E-state index is 13.3. The van der Waals surface area contributed by atoms with Gasteiger partial charge < -0.3 is 15.4 Å². The summed E-state index contributed by atoms with van der Waals surface area (Å²) in [6.45, 7) is 3.51. The van der Waals surface area contributed by atoms with Gasteiger partial charge in [0.05, 0.1) is 12.5 Å². The second-order valence-electron chi connectivity index (χ2n) is 7.73. The first-order valence-corrected chi connectivity index (χ1v) is 12.1. The molecule has 2 heterocycles. The van der Waals surface area contributed by atoms with E-state index >= 15 is 0 Å². The third-order valence-corrected chi connectivity index (χ3v) is 7.89. The molecule has 0 aromatic heterocycles. The van der Waals surface area contributed by atoms with Gasteiger partial charge in [-0.2, -0.15) is 4.31 Å². The van der Waals surface area contributed by atoms with Gasteiger partial charge in [-0.15, -0.1) is 0 Å². The number of piperidine rings is 2. The van der Waals surface area contributed by atoms with Gasteiger partial charge in [0, 0.05) is 37.1 Å². The number of ether oxygens (including phenoxy) is 1. The summed E-state index contributed by atoms with van der Waals surface area (Å²) in [4.78, 5) is 26.1. The minimum atomic E-state index is -3.86. The van der Waals surface area contributed by atoms with Gasteiger partial charge in [-0.1, -0.05) is 11.6 Å². The number of hydrogen-bond acceptors (Lipinski definition) is 5. The number of nitrogens with two attached hydrogens (primary N) is 1. The molecule has 30 heavy (non-hydrogen) atoms. The first-order chi connectivity index (χ1) is 14.2. The molecule has 2 fully saturated rings. The molecular formula is C20H28ClN3O5S. The Balaban J connectivity index is 1.74. The predicted octanol–water partition coefficient (Wildman–Crippen LogP) is 1.86. The highest BCUT2D eigenvalue weighted by atomic mass is 35.5. The maximum Gasteiger partial charge on any atom is 0.246 e. The average Bonchev–Trinajstić information content (AvgIpc) is 2.74. The molecular weight excluding hydrogens is 430 g/mol. The molecule has 2 aliphatic rings. The molecule has 8 nitrogen and oxygen atoms in total. The maximum absolute atomic E-state index is 13.3. The summed E-state index contributed by atoms with van der Waals surface area (Å²) in [6.07, 6.45) is 2.33. The van der Waals surface area contributed by atoms with E-state index in [1.807, 2.05) is 0 Å². The predicted molar refractivity (Wildman–Crippen MR) is 113 cm³/mol. The number of nitrogens with zero attached hydrogens (tertiary/aromatic N) is 2. The van der Waals surface area contributed by atoms with Crippen LogP contribution in [0.4, 0.5) is 0 Å². The molecule has 0 spiro atoms. The number of hydrogen-bond donors (Lipinski definition) is 1. The van der Waals surface area contributed by atoms with Gasteiger partial charge in [-0.3, -0.25) is 9.59 Å². The Kier molecular flexibility index (Phi) is 7.26. The minimum absolute atomic E-state index is 0.0206. The van der Waals surface area contributed by atoms with E-state index in [4.69, 9.17) is 22.1 Å². The van der Waals surface area contributed by atoms with Crippen molar-refractivity contribution in [1.29, 1.82) is 0 Å². The van der Waals surface area contributed by atoms with Crippen LogP contribution in [-0.2, 0) is 19.6 Å². The second-order valence-corrected chi connectivity index (χ2v) is 10.1. The van der Waals surface area contributed by atoms with Crippen molar-refractivity contribution in [3.63, 3.8) is 0 Å². The van der Waals surface area contributed by atoms with E-state index in [1.54, 1.807) is 24.0 Å². The molecule has 0 aliphatic carbocycles. The van der Waals surface area contributed by atoms with Crippen molar-refractivity contribution < 1.29 is 22.7 Å². The number of halogens is 1. The lowest BCUT2D eigenvalue weighted by atomic mass is 9.93. The number of sulfonamides is 1. The molecule has 0 bridgehead atoms. The van der Waals surface area contributed by atoms with Gasteiger partial charge in [0.15, 0.2) is 0 Å². The van der Waals surface area contributed by atoms with Gasteiger partial charge in [0.25, 0.3) is 0 Å². The van der Waals surface area contributed by atoms with Gasteiger partial charge in [-0.05, 0) is 50.8 Å². The van der Waals surface area contributed by atoms with Crippen LogP contribution in [0.3, 0.4) is 0 Å². The van der Waals surface area contributed by atoms with E-state index in [1.165, 1.54) is 10.4 Å². The van der Waals surface area contributed by atoms with Crippen molar-refractivity contribution >= 4 is 33.4 Å². The lowest BCUT2D eigenvalue weighted by Crippen LogP contribution is -2.49. The van der Waals surface area contributed by atoms with Crippen molar-refractivity contribution in [2.75, 3.05) is 32.8 Å². The van der Waals surface area contributed by atoms with E-state index in [2.05, 4.69) is 0 Å². The first kappa shape index (κ1) is 22.8. The smallest absolute Gasteiger partial charge is 0.246 e. The highest BCUT2D eigenvalue weighted by Crippen LogP contribution is 2.33. The number of likely N-dealkylation sites (tertiary alicyclic amines) is 1. The lowest BCUT2D eigenvalue weighted by Gasteiger charge is -2.37. The van der Waals surface area contributed by atoms with Crippen molar-refractivity contribution in [3.05, 3.63) is 23.2 Å². The molecule has 166 valence electrons. The summed E-state index contributed by atoms with van der Waals surface area (Å²) in [5.74, 6) is -0.744. The number of amides is 2. The van der Waals surface area contributed by atoms with Crippen LogP contribution in [0.25, 0.3) is 0 Å². The van der Waals surface area contributed by atoms with Crippen LogP contribution in [0.5, 0.6) is 5.75 Å². The lowest BCUT2D eigenvalue weighted by molar-refractivity contribution is -0.139. The molecule has 1 unspecified atom stereocenters. The van der Waals surface area contributed by atoms with Crippen LogP contribution in [-0.4, -0.2) is 62.2 Å². The molecule has 3 rings (SSSR count). The first-order valence-electron chi connectivity index (χ1n) is 10.2. The van der Waals surface area contributed by atoms with Crippen LogP contribution in [0.2, 0.25) is 5.02 Å². The van der Waals surface area contributed by atoms with Crippen molar-refractivity contribution in [2.45, 2.75) is 37.5 Å². The monoisotopic (exact) mass is 457 g/mol. The molecule has 2 amide bonds. The number of rotatable bonds is 6. The third kappa shape index (κ3) is 4.90. The van der Waals surface area contributed by atoms with Crippen LogP contribution < -0.4 is 10.5 Å². The zero-order valence-corrected chi connectivity index (χ0v) is 18.6. The molecule has 1 aromatic rings. The van der Waals surface area contributed by atoms with Gasteiger partial charge in [-0.25, -0.2) is 8.42 Å². The number of primary amides is 1. The van der Waals surface area contributed by atoms with Crippen molar-refractivity contribution in [1.82, 2.24) is 9.21 Å². The quantitative estimate of drug-likeness (QED) is 0.701. The molecule has 1 atom stereocenters. The summed E-state index contributed by atoms with van der Waals surface area (Å²) in [5.41, 5.74) is 5.36. The Morgan fingerprint density at radius 1 is 1.17 bits per heavy atom. The summed E-state index contributed by atoms with van der Waals surface area (Å²) in [6, 6.07) is 4.53. The SMILES string of the molecule is CCOc1ccc(Cl)cc1S(=O)(=O)N1CCCC(C(=O)N2CCC(C(N)=O)CC2)C1. The zero-order chi connectivity index (χ0) is 21.9. The topological polar surface area (TPSA) is 110 Å². The highest BCUT2D eigenvalue weighted by Gasteiger charge is 2.37. The molecule has 2 N–H and O–H groups in total. The molecule has 10 heteroatoms. The number of benzene rings is 1. The van der Waals surface area contributed by atoms with E-state index in [9.17, 15) is 18.0 Å². The van der Waals surface area contributed by atoms with Crippen LogP contribution >= 0.6 is 11.6 Å². The Hall–Kier alpha value is -1.84. The highest BCUT2D eigenvalue weighted by molar-refractivity contribution is 7.89. The fourth-order valence-corrected chi connectivity index (χ4v) is 6.02. The average molecular weight is 458 g/mol.